The number of benzene rings is 1. The average Bonchev–Trinajstić information content (AvgIpc) is 2.95. The minimum atomic E-state index is -0.464. The maximum absolute atomic E-state index is 10.5. The van der Waals surface area contributed by atoms with Crippen LogP contribution in [0.1, 0.15) is 29.6 Å². The molecule has 2 aromatic rings. The second-order valence-electron chi connectivity index (χ2n) is 5.87. The molecule has 4 nitrogen and oxygen atoms in total. The summed E-state index contributed by atoms with van der Waals surface area (Å²) in [6.07, 6.45) is 0.206. The lowest BCUT2D eigenvalue weighted by atomic mass is 10.0. The van der Waals surface area contributed by atoms with E-state index >= 15 is 0 Å². The van der Waals surface area contributed by atoms with E-state index in [-0.39, 0.29) is 6.04 Å². The maximum atomic E-state index is 10.5. The molecule has 1 fully saturated rings. The molecule has 0 saturated carbocycles. The Hall–Kier alpha value is -1.62. The highest BCUT2D eigenvalue weighted by Crippen LogP contribution is 2.24. The fourth-order valence-corrected chi connectivity index (χ4v) is 2.95. The molecule has 118 valence electrons. The third-order valence-corrected chi connectivity index (χ3v) is 4.18. The number of hydrogen-bond donors (Lipinski definition) is 1. The summed E-state index contributed by atoms with van der Waals surface area (Å²) < 4.78 is 11.3. The van der Waals surface area contributed by atoms with Crippen LogP contribution in [-0.4, -0.2) is 35.8 Å². The lowest BCUT2D eigenvalue weighted by Gasteiger charge is -2.36. The number of furan rings is 1. The average molecular weight is 301 g/mol. The van der Waals surface area contributed by atoms with Crippen LogP contribution < -0.4 is 0 Å². The number of nitrogens with zero attached hydrogens (tertiary/aromatic N) is 1. The molecule has 1 aliphatic heterocycles. The van der Waals surface area contributed by atoms with E-state index in [0.29, 0.717) is 13.0 Å². The highest BCUT2D eigenvalue weighted by Gasteiger charge is 2.26. The Bertz CT molecular complexity index is 581. The molecule has 0 amide bonds. The summed E-state index contributed by atoms with van der Waals surface area (Å²) in [5.74, 6) is 1.91. The molecular formula is C18H23NO3. The van der Waals surface area contributed by atoms with Gasteiger partial charge in [0.25, 0.3) is 0 Å². The van der Waals surface area contributed by atoms with Gasteiger partial charge in [-0.3, -0.25) is 4.90 Å². The number of aliphatic hydroxyl groups is 1. The molecule has 0 radical (unpaired) electrons. The van der Waals surface area contributed by atoms with Crippen molar-refractivity contribution < 1.29 is 14.3 Å². The van der Waals surface area contributed by atoms with Gasteiger partial charge in [-0.05, 0) is 31.0 Å². The van der Waals surface area contributed by atoms with E-state index < -0.39 is 6.10 Å². The van der Waals surface area contributed by atoms with E-state index in [1.807, 2.05) is 49.4 Å². The standard InChI is InChI=1S/C18H23NO3/c1-14-7-8-17(22-14)12-19-9-10-21-13-16(19)11-18(20)15-5-3-2-4-6-15/h2-8,16,18,20H,9-13H2,1H3. The van der Waals surface area contributed by atoms with Crippen LogP contribution in [0.5, 0.6) is 0 Å². The van der Waals surface area contributed by atoms with Crippen molar-refractivity contribution in [1.82, 2.24) is 4.90 Å². The van der Waals surface area contributed by atoms with Gasteiger partial charge in [-0.15, -0.1) is 0 Å². The zero-order valence-electron chi connectivity index (χ0n) is 12.9. The first kappa shape index (κ1) is 15.3. The minimum absolute atomic E-state index is 0.203. The number of rotatable bonds is 5. The predicted molar refractivity (Wildman–Crippen MR) is 84.5 cm³/mol. The van der Waals surface area contributed by atoms with Crippen molar-refractivity contribution >= 4 is 0 Å². The molecule has 2 heterocycles. The summed E-state index contributed by atoms with van der Waals surface area (Å²) >= 11 is 0. The lowest BCUT2D eigenvalue weighted by Crippen LogP contribution is -2.45. The van der Waals surface area contributed by atoms with Crippen molar-refractivity contribution in [2.24, 2.45) is 0 Å². The second-order valence-corrected chi connectivity index (χ2v) is 5.87. The van der Waals surface area contributed by atoms with Gasteiger partial charge in [0.2, 0.25) is 0 Å². The molecule has 1 N–H and O–H groups in total. The zero-order chi connectivity index (χ0) is 15.4. The van der Waals surface area contributed by atoms with Crippen LogP contribution >= 0.6 is 0 Å². The Morgan fingerprint density at radius 3 is 2.77 bits per heavy atom. The molecule has 1 aromatic carbocycles. The Labute approximate surface area is 131 Å². The Morgan fingerprint density at radius 2 is 2.05 bits per heavy atom. The molecule has 0 aliphatic carbocycles. The molecule has 1 aromatic heterocycles. The number of hydrogen-bond acceptors (Lipinski definition) is 4. The summed E-state index contributed by atoms with van der Waals surface area (Å²) in [5.41, 5.74) is 0.960. The van der Waals surface area contributed by atoms with Gasteiger partial charge in [-0.1, -0.05) is 30.3 Å². The third-order valence-electron chi connectivity index (χ3n) is 4.18. The lowest BCUT2D eigenvalue weighted by molar-refractivity contribution is -0.0324. The Morgan fingerprint density at radius 1 is 1.23 bits per heavy atom. The quantitative estimate of drug-likeness (QED) is 0.922. The van der Waals surface area contributed by atoms with Crippen LogP contribution in [0.3, 0.4) is 0 Å². The molecule has 4 heteroatoms. The molecular weight excluding hydrogens is 278 g/mol. The van der Waals surface area contributed by atoms with Crippen LogP contribution in [0.2, 0.25) is 0 Å². The van der Waals surface area contributed by atoms with Gasteiger partial charge in [0.15, 0.2) is 0 Å². The van der Waals surface area contributed by atoms with Gasteiger partial charge in [0.1, 0.15) is 11.5 Å². The third kappa shape index (κ3) is 3.77. The summed E-state index contributed by atoms with van der Waals surface area (Å²) in [6.45, 7) is 4.98. The van der Waals surface area contributed by atoms with Crippen molar-refractivity contribution in [2.75, 3.05) is 19.8 Å². The van der Waals surface area contributed by atoms with E-state index in [2.05, 4.69) is 4.90 Å². The number of aryl methyl sites for hydroxylation is 1. The summed E-state index contributed by atoms with van der Waals surface area (Å²) in [7, 11) is 0. The van der Waals surface area contributed by atoms with Gasteiger partial charge < -0.3 is 14.3 Å². The maximum Gasteiger partial charge on any atom is 0.118 e. The smallest absolute Gasteiger partial charge is 0.118 e. The highest BCUT2D eigenvalue weighted by molar-refractivity contribution is 5.17. The second kappa shape index (κ2) is 7.09. The fourth-order valence-electron chi connectivity index (χ4n) is 2.95. The SMILES string of the molecule is Cc1ccc(CN2CCOCC2CC(O)c2ccccc2)o1. The van der Waals surface area contributed by atoms with Crippen LogP contribution in [0.25, 0.3) is 0 Å². The summed E-state index contributed by atoms with van der Waals surface area (Å²) in [6, 6.07) is 14.0. The molecule has 22 heavy (non-hydrogen) atoms. The van der Waals surface area contributed by atoms with Crippen molar-refractivity contribution in [1.29, 1.82) is 0 Å². The van der Waals surface area contributed by atoms with E-state index in [0.717, 1.165) is 36.8 Å². The van der Waals surface area contributed by atoms with E-state index in [4.69, 9.17) is 9.15 Å². The van der Waals surface area contributed by atoms with Crippen molar-refractivity contribution in [3.05, 3.63) is 59.5 Å². The van der Waals surface area contributed by atoms with Gasteiger partial charge in [-0.25, -0.2) is 0 Å². The largest absolute Gasteiger partial charge is 0.465 e. The van der Waals surface area contributed by atoms with E-state index in [9.17, 15) is 5.11 Å². The van der Waals surface area contributed by atoms with E-state index in [1.54, 1.807) is 0 Å². The number of aliphatic hydroxyl groups excluding tert-OH is 1. The highest BCUT2D eigenvalue weighted by atomic mass is 16.5. The Kier molecular flexibility index (Phi) is 4.93. The van der Waals surface area contributed by atoms with Gasteiger partial charge in [-0.2, -0.15) is 0 Å². The van der Waals surface area contributed by atoms with Crippen molar-refractivity contribution in [3.63, 3.8) is 0 Å². The van der Waals surface area contributed by atoms with Crippen LogP contribution in [0.4, 0.5) is 0 Å². The number of morpholine rings is 1. The normalized spacial score (nSPS) is 20.9. The molecule has 3 rings (SSSR count). The molecule has 1 aliphatic rings. The first-order valence-corrected chi connectivity index (χ1v) is 7.82. The Balaban J connectivity index is 1.64. The van der Waals surface area contributed by atoms with E-state index in [1.165, 1.54) is 0 Å². The monoisotopic (exact) mass is 301 g/mol. The summed E-state index contributed by atoms with van der Waals surface area (Å²) in [5, 5.41) is 10.5. The summed E-state index contributed by atoms with van der Waals surface area (Å²) in [4.78, 5) is 2.34. The first-order chi connectivity index (χ1) is 10.7. The molecule has 1 saturated heterocycles. The van der Waals surface area contributed by atoms with Gasteiger partial charge in [0.05, 0.1) is 25.9 Å². The van der Waals surface area contributed by atoms with Crippen LogP contribution in [0, 0.1) is 6.92 Å². The van der Waals surface area contributed by atoms with Crippen molar-refractivity contribution in [2.45, 2.75) is 32.0 Å². The zero-order valence-corrected chi connectivity index (χ0v) is 12.9. The van der Waals surface area contributed by atoms with Crippen LogP contribution in [0.15, 0.2) is 46.9 Å². The van der Waals surface area contributed by atoms with Crippen LogP contribution in [-0.2, 0) is 11.3 Å². The fraction of sp³-hybridized carbons (Fsp3) is 0.444. The molecule has 2 atom stereocenters. The molecule has 0 bridgehead atoms. The predicted octanol–water partition coefficient (Wildman–Crippen LogP) is 2.91. The van der Waals surface area contributed by atoms with Gasteiger partial charge >= 0.3 is 0 Å². The molecule has 0 spiro atoms. The molecule has 2 unspecified atom stereocenters. The number of ether oxygens (including phenoxy) is 1. The first-order valence-electron chi connectivity index (χ1n) is 7.82. The minimum Gasteiger partial charge on any atom is -0.465 e. The van der Waals surface area contributed by atoms with Crippen molar-refractivity contribution in [3.8, 4) is 0 Å². The van der Waals surface area contributed by atoms with Gasteiger partial charge in [0, 0.05) is 12.6 Å². The topological polar surface area (TPSA) is 45.8 Å².